The van der Waals surface area contributed by atoms with Crippen molar-refractivity contribution in [2.24, 2.45) is 29.6 Å². The number of unbranched alkanes of at least 4 members (excludes halogenated alkanes) is 1. The van der Waals surface area contributed by atoms with Crippen LogP contribution < -0.4 is 0 Å². The Kier molecular flexibility index (Phi) is 8.86. The largest absolute Gasteiger partial charge is 0.469 e. The van der Waals surface area contributed by atoms with Crippen LogP contribution in [0.15, 0.2) is 12.2 Å². The number of hydrogen-bond donors (Lipinski definition) is 2. The lowest BCUT2D eigenvalue weighted by Gasteiger charge is -2.20. The van der Waals surface area contributed by atoms with Gasteiger partial charge >= 0.3 is 5.97 Å². The second kappa shape index (κ2) is 10.9. The zero-order chi connectivity index (χ0) is 19.8. The van der Waals surface area contributed by atoms with Gasteiger partial charge in [-0.2, -0.15) is 0 Å². The highest BCUT2D eigenvalue weighted by atomic mass is 16.5. The molecule has 0 heterocycles. The topological polar surface area (TPSA) is 66.8 Å². The molecule has 2 aliphatic rings. The van der Waals surface area contributed by atoms with Gasteiger partial charge in [0.15, 0.2) is 0 Å². The fourth-order valence-corrected chi connectivity index (χ4v) is 4.90. The summed E-state index contributed by atoms with van der Waals surface area (Å²) in [7, 11) is 1.44. The predicted octanol–water partition coefficient (Wildman–Crippen LogP) is 3.71. The molecule has 0 aliphatic heterocycles. The van der Waals surface area contributed by atoms with Crippen LogP contribution in [-0.2, 0) is 9.53 Å². The lowest BCUT2D eigenvalue weighted by Crippen LogP contribution is -2.20. The van der Waals surface area contributed by atoms with E-state index >= 15 is 0 Å². The number of esters is 1. The van der Waals surface area contributed by atoms with E-state index in [4.69, 9.17) is 4.74 Å². The minimum atomic E-state index is -0.507. The van der Waals surface area contributed by atoms with E-state index in [0.717, 1.165) is 32.1 Å². The van der Waals surface area contributed by atoms with Gasteiger partial charge in [-0.05, 0) is 56.3 Å². The number of methoxy groups -OCH3 is 1. The van der Waals surface area contributed by atoms with E-state index in [0.29, 0.717) is 30.6 Å². The maximum absolute atomic E-state index is 11.2. The molecular weight excluding hydrogens is 340 g/mol. The molecule has 0 aromatic rings. The van der Waals surface area contributed by atoms with Crippen molar-refractivity contribution in [2.75, 3.05) is 7.11 Å². The van der Waals surface area contributed by atoms with Crippen LogP contribution in [0.3, 0.4) is 0 Å². The first kappa shape index (κ1) is 22.0. The molecule has 7 atom stereocenters. The quantitative estimate of drug-likeness (QED) is 0.279. The monoisotopic (exact) mass is 376 g/mol. The minimum absolute atomic E-state index is 0.106. The van der Waals surface area contributed by atoms with Crippen molar-refractivity contribution < 1.29 is 19.7 Å². The van der Waals surface area contributed by atoms with E-state index in [1.165, 1.54) is 13.5 Å². The Morgan fingerprint density at radius 3 is 2.78 bits per heavy atom. The predicted molar refractivity (Wildman–Crippen MR) is 107 cm³/mol. The number of rotatable bonds is 9. The molecule has 0 bridgehead atoms. The van der Waals surface area contributed by atoms with Crippen LogP contribution in [0, 0.1) is 41.4 Å². The number of aliphatic hydroxyl groups is 2. The van der Waals surface area contributed by atoms with E-state index in [1.54, 1.807) is 0 Å². The molecule has 0 saturated heterocycles. The molecule has 4 nitrogen and oxygen atoms in total. The first-order valence-electron chi connectivity index (χ1n) is 10.5. The molecular formula is C23H36O4. The van der Waals surface area contributed by atoms with Crippen molar-refractivity contribution in [3.05, 3.63) is 12.2 Å². The number of ether oxygens (including phenoxy) is 1. The number of carbonyl (C=O) groups is 1. The molecule has 4 heteroatoms. The van der Waals surface area contributed by atoms with Crippen LogP contribution in [0.2, 0.25) is 0 Å². The summed E-state index contributed by atoms with van der Waals surface area (Å²) in [6.45, 7) is 3.82. The number of fused-ring (bicyclic) bond motifs is 1. The second-order valence-corrected chi connectivity index (χ2v) is 8.45. The van der Waals surface area contributed by atoms with Crippen molar-refractivity contribution in [2.45, 2.75) is 77.4 Å². The molecule has 2 fully saturated rings. The third-order valence-electron chi connectivity index (χ3n) is 6.52. The van der Waals surface area contributed by atoms with Crippen molar-refractivity contribution in [3.8, 4) is 11.8 Å². The highest BCUT2D eigenvalue weighted by molar-refractivity contribution is 5.68. The Morgan fingerprint density at radius 2 is 2.07 bits per heavy atom. The Morgan fingerprint density at radius 1 is 1.30 bits per heavy atom. The average molecular weight is 377 g/mol. The summed E-state index contributed by atoms with van der Waals surface area (Å²) < 4.78 is 4.69. The van der Waals surface area contributed by atoms with Gasteiger partial charge in [-0.3, -0.25) is 4.79 Å². The first-order chi connectivity index (χ1) is 13.0. The molecule has 27 heavy (non-hydrogen) atoms. The van der Waals surface area contributed by atoms with Gasteiger partial charge in [-0.1, -0.05) is 31.9 Å². The van der Waals surface area contributed by atoms with E-state index in [-0.39, 0.29) is 23.9 Å². The zero-order valence-corrected chi connectivity index (χ0v) is 17.1. The zero-order valence-electron chi connectivity index (χ0n) is 17.1. The third kappa shape index (κ3) is 6.36. The standard InChI is InChI=1S/C23H36O4/c1-4-5-8-16(2)21(24)12-11-19-20-14-17(13-18(20)15-22(19)25)9-6-7-10-23(26)27-3/h11-12,16-22,24-25H,6-10,13-15H2,1-3H3/b12-11+/t16?,17?,18-,19+,20-,21+,22+/m0/s1. The van der Waals surface area contributed by atoms with Crippen LogP contribution in [-0.4, -0.2) is 35.5 Å². The van der Waals surface area contributed by atoms with Gasteiger partial charge in [-0.25, -0.2) is 0 Å². The van der Waals surface area contributed by atoms with Gasteiger partial charge in [0.1, 0.15) is 0 Å². The Labute approximate surface area is 164 Å². The van der Waals surface area contributed by atoms with Crippen molar-refractivity contribution in [1.82, 2.24) is 0 Å². The van der Waals surface area contributed by atoms with Crippen molar-refractivity contribution in [3.63, 3.8) is 0 Å². The van der Waals surface area contributed by atoms with Gasteiger partial charge in [0, 0.05) is 18.8 Å². The fourth-order valence-electron chi connectivity index (χ4n) is 4.90. The Bertz CT molecular complexity index is 558. The second-order valence-electron chi connectivity index (χ2n) is 8.45. The SMILES string of the molecule is CC#CCC(C)[C@H](O)/C=C/[C@@H]1[C@H]2CC(CCCCC(=O)OC)C[C@H]2C[C@H]1O. The summed E-state index contributed by atoms with van der Waals surface area (Å²) >= 11 is 0. The van der Waals surface area contributed by atoms with E-state index in [1.807, 2.05) is 19.9 Å². The molecule has 2 unspecified atom stereocenters. The lowest BCUT2D eigenvalue weighted by atomic mass is 9.88. The van der Waals surface area contributed by atoms with Crippen LogP contribution in [0.5, 0.6) is 0 Å². The molecule has 0 aromatic carbocycles. The van der Waals surface area contributed by atoms with Crippen LogP contribution >= 0.6 is 0 Å². The van der Waals surface area contributed by atoms with Gasteiger partial charge in [0.25, 0.3) is 0 Å². The molecule has 0 amide bonds. The van der Waals surface area contributed by atoms with Gasteiger partial charge in [-0.15, -0.1) is 11.8 Å². The lowest BCUT2D eigenvalue weighted by molar-refractivity contribution is -0.140. The summed E-state index contributed by atoms with van der Waals surface area (Å²) in [5.41, 5.74) is 0. The molecule has 0 aromatic heterocycles. The first-order valence-corrected chi connectivity index (χ1v) is 10.5. The van der Waals surface area contributed by atoms with E-state index in [9.17, 15) is 15.0 Å². The van der Waals surface area contributed by atoms with E-state index in [2.05, 4.69) is 17.9 Å². The molecule has 2 aliphatic carbocycles. The highest BCUT2D eigenvalue weighted by Crippen LogP contribution is 2.51. The Hall–Kier alpha value is -1.31. The third-order valence-corrected chi connectivity index (χ3v) is 6.52. The molecule has 0 radical (unpaired) electrons. The van der Waals surface area contributed by atoms with Gasteiger partial charge < -0.3 is 14.9 Å². The fraction of sp³-hybridized carbons (Fsp3) is 0.783. The summed E-state index contributed by atoms with van der Waals surface area (Å²) in [5.74, 6) is 7.86. The number of carbonyl (C=O) groups excluding carboxylic acids is 1. The molecule has 2 N–H and O–H groups in total. The number of hydrogen-bond acceptors (Lipinski definition) is 4. The van der Waals surface area contributed by atoms with Crippen LogP contribution in [0.4, 0.5) is 0 Å². The van der Waals surface area contributed by atoms with E-state index < -0.39 is 6.10 Å². The summed E-state index contributed by atoms with van der Waals surface area (Å²) in [5, 5.41) is 20.8. The molecule has 2 rings (SSSR count). The van der Waals surface area contributed by atoms with Crippen molar-refractivity contribution >= 4 is 5.97 Å². The number of aliphatic hydroxyl groups excluding tert-OH is 2. The molecule has 0 spiro atoms. The van der Waals surface area contributed by atoms with Gasteiger partial charge in [0.2, 0.25) is 0 Å². The minimum Gasteiger partial charge on any atom is -0.469 e. The maximum Gasteiger partial charge on any atom is 0.305 e. The van der Waals surface area contributed by atoms with Gasteiger partial charge in [0.05, 0.1) is 19.3 Å². The molecule has 2 saturated carbocycles. The Balaban J connectivity index is 1.81. The molecule has 152 valence electrons. The highest BCUT2D eigenvalue weighted by Gasteiger charge is 2.46. The van der Waals surface area contributed by atoms with Crippen molar-refractivity contribution in [1.29, 1.82) is 0 Å². The summed E-state index contributed by atoms with van der Waals surface area (Å²) in [6, 6.07) is 0. The normalized spacial score (nSPS) is 32.0. The summed E-state index contributed by atoms with van der Waals surface area (Å²) in [4.78, 5) is 11.2. The average Bonchev–Trinajstić information content (AvgIpc) is 3.17. The van der Waals surface area contributed by atoms with Crippen LogP contribution in [0.25, 0.3) is 0 Å². The van der Waals surface area contributed by atoms with Crippen LogP contribution in [0.1, 0.15) is 65.2 Å². The maximum atomic E-state index is 11.2. The smallest absolute Gasteiger partial charge is 0.305 e. The summed E-state index contributed by atoms with van der Waals surface area (Å²) in [6.07, 6.45) is 10.7.